The lowest BCUT2D eigenvalue weighted by atomic mass is 10.2. The second-order valence-corrected chi connectivity index (χ2v) is 3.90. The normalized spacial score (nSPS) is 10.5. The minimum Gasteiger partial charge on any atom is -0.491 e. The van der Waals surface area contributed by atoms with Crippen molar-refractivity contribution in [2.45, 2.75) is 20.4 Å². The van der Waals surface area contributed by atoms with Crippen molar-refractivity contribution in [2.75, 3.05) is 6.61 Å². The van der Waals surface area contributed by atoms with Crippen molar-refractivity contribution in [1.82, 2.24) is 15.0 Å². The molecule has 0 radical (unpaired) electrons. The molecular formula is C13H15FN4O. The summed E-state index contributed by atoms with van der Waals surface area (Å²) in [5.41, 5.74) is 6.08. The van der Waals surface area contributed by atoms with Gasteiger partial charge in [-0.15, -0.1) is 0 Å². The van der Waals surface area contributed by atoms with Crippen molar-refractivity contribution in [3.63, 3.8) is 0 Å². The van der Waals surface area contributed by atoms with Crippen molar-refractivity contribution in [2.24, 2.45) is 5.73 Å². The molecule has 0 aliphatic heterocycles. The highest BCUT2D eigenvalue weighted by atomic mass is 19.1. The van der Waals surface area contributed by atoms with Gasteiger partial charge in [0.05, 0.1) is 13.2 Å². The molecule has 5 nitrogen and oxygen atoms in total. The van der Waals surface area contributed by atoms with Gasteiger partial charge in [0.15, 0.2) is 17.4 Å². The molecule has 2 N–H and O–H groups in total. The number of rotatable bonds is 4. The standard InChI is InChI=1S/C13H15FN4O/c1-3-19-11-5-4-9(6-10(11)14)13-17-8(2)16-12(7-15)18-13/h4-6H,3,7,15H2,1-2H3. The Morgan fingerprint density at radius 2 is 2.05 bits per heavy atom. The summed E-state index contributed by atoms with van der Waals surface area (Å²) in [5.74, 6) is 1.23. The molecule has 0 atom stereocenters. The average Bonchev–Trinajstić information content (AvgIpc) is 2.40. The number of aromatic nitrogens is 3. The van der Waals surface area contributed by atoms with Gasteiger partial charge in [-0.2, -0.15) is 0 Å². The van der Waals surface area contributed by atoms with Gasteiger partial charge >= 0.3 is 0 Å². The highest BCUT2D eigenvalue weighted by molar-refractivity contribution is 5.56. The summed E-state index contributed by atoms with van der Waals surface area (Å²) < 4.78 is 18.9. The second-order valence-electron chi connectivity index (χ2n) is 3.90. The molecule has 0 amide bonds. The van der Waals surface area contributed by atoms with Crippen molar-refractivity contribution in [3.05, 3.63) is 35.7 Å². The van der Waals surface area contributed by atoms with E-state index in [9.17, 15) is 4.39 Å². The first-order chi connectivity index (χ1) is 9.13. The van der Waals surface area contributed by atoms with E-state index in [2.05, 4.69) is 15.0 Å². The van der Waals surface area contributed by atoms with E-state index in [4.69, 9.17) is 10.5 Å². The van der Waals surface area contributed by atoms with Crippen LogP contribution in [0.1, 0.15) is 18.6 Å². The zero-order valence-corrected chi connectivity index (χ0v) is 10.9. The molecule has 1 aromatic heterocycles. The highest BCUT2D eigenvalue weighted by Gasteiger charge is 2.09. The number of hydrogen-bond donors (Lipinski definition) is 1. The Morgan fingerprint density at radius 3 is 2.68 bits per heavy atom. The first-order valence-corrected chi connectivity index (χ1v) is 5.98. The Kier molecular flexibility index (Phi) is 4.01. The van der Waals surface area contributed by atoms with Crippen LogP contribution in [0.2, 0.25) is 0 Å². The van der Waals surface area contributed by atoms with Crippen molar-refractivity contribution >= 4 is 0 Å². The van der Waals surface area contributed by atoms with E-state index in [0.717, 1.165) is 0 Å². The molecule has 19 heavy (non-hydrogen) atoms. The number of aryl methyl sites for hydroxylation is 1. The van der Waals surface area contributed by atoms with Gasteiger partial charge in [-0.3, -0.25) is 0 Å². The molecule has 0 saturated heterocycles. The van der Waals surface area contributed by atoms with Gasteiger partial charge in [0.1, 0.15) is 11.6 Å². The number of halogens is 1. The molecule has 6 heteroatoms. The summed E-state index contributed by atoms with van der Waals surface area (Å²) in [5, 5.41) is 0. The maximum Gasteiger partial charge on any atom is 0.165 e. The minimum atomic E-state index is -0.438. The van der Waals surface area contributed by atoms with Crippen LogP contribution in [0, 0.1) is 12.7 Å². The van der Waals surface area contributed by atoms with Crippen molar-refractivity contribution in [1.29, 1.82) is 0 Å². The van der Waals surface area contributed by atoms with Crippen LogP contribution in [0.25, 0.3) is 11.4 Å². The molecule has 2 rings (SSSR count). The van der Waals surface area contributed by atoms with Crippen molar-refractivity contribution in [3.8, 4) is 17.1 Å². The molecule has 0 fully saturated rings. The number of nitrogens with zero attached hydrogens (tertiary/aromatic N) is 3. The van der Waals surface area contributed by atoms with Gasteiger partial charge in [-0.25, -0.2) is 19.3 Å². The van der Waals surface area contributed by atoms with Crippen LogP contribution >= 0.6 is 0 Å². The Morgan fingerprint density at radius 1 is 1.26 bits per heavy atom. The molecule has 0 spiro atoms. The summed E-state index contributed by atoms with van der Waals surface area (Å²) >= 11 is 0. The molecule has 0 unspecified atom stereocenters. The summed E-state index contributed by atoms with van der Waals surface area (Å²) in [6, 6.07) is 4.62. The quantitative estimate of drug-likeness (QED) is 0.910. The number of ether oxygens (including phenoxy) is 1. The van der Waals surface area contributed by atoms with Gasteiger partial charge in [-0.05, 0) is 32.0 Å². The minimum absolute atomic E-state index is 0.218. The third-order valence-corrected chi connectivity index (χ3v) is 2.47. The monoisotopic (exact) mass is 262 g/mol. The maximum absolute atomic E-state index is 13.8. The van der Waals surface area contributed by atoms with Gasteiger partial charge in [0.2, 0.25) is 0 Å². The lowest BCUT2D eigenvalue weighted by molar-refractivity contribution is 0.321. The number of nitrogens with two attached hydrogens (primary N) is 1. The molecule has 1 aromatic carbocycles. The third kappa shape index (κ3) is 3.03. The second kappa shape index (κ2) is 5.71. The third-order valence-electron chi connectivity index (χ3n) is 2.47. The first-order valence-electron chi connectivity index (χ1n) is 5.98. The van der Waals surface area contributed by atoms with Crippen LogP contribution in [0.3, 0.4) is 0 Å². The van der Waals surface area contributed by atoms with Crippen LogP contribution < -0.4 is 10.5 Å². The zero-order chi connectivity index (χ0) is 13.8. The zero-order valence-electron chi connectivity index (χ0n) is 10.9. The van der Waals surface area contributed by atoms with Crippen molar-refractivity contribution < 1.29 is 9.13 Å². The summed E-state index contributed by atoms with van der Waals surface area (Å²) in [4.78, 5) is 12.4. The molecule has 0 aliphatic rings. The molecule has 0 aliphatic carbocycles. The van der Waals surface area contributed by atoms with Gasteiger partial charge in [0, 0.05) is 5.56 Å². The molecule has 1 heterocycles. The predicted molar refractivity (Wildman–Crippen MR) is 69.0 cm³/mol. The fourth-order valence-corrected chi connectivity index (χ4v) is 1.67. The number of benzene rings is 1. The average molecular weight is 262 g/mol. The summed E-state index contributed by atoms with van der Waals surface area (Å²) in [6.45, 7) is 4.18. The smallest absolute Gasteiger partial charge is 0.165 e. The Bertz CT molecular complexity index is 589. The van der Waals surface area contributed by atoms with E-state index in [1.807, 2.05) is 0 Å². The molecular weight excluding hydrogens is 247 g/mol. The molecule has 0 saturated carbocycles. The predicted octanol–water partition coefficient (Wildman–Crippen LogP) is 1.84. The highest BCUT2D eigenvalue weighted by Crippen LogP contribution is 2.23. The first kappa shape index (κ1) is 13.4. The molecule has 100 valence electrons. The SMILES string of the molecule is CCOc1ccc(-c2nc(C)nc(CN)n2)cc1F. The van der Waals surface area contributed by atoms with E-state index < -0.39 is 5.82 Å². The van der Waals surface area contributed by atoms with E-state index in [0.29, 0.717) is 29.6 Å². The lowest BCUT2D eigenvalue weighted by Crippen LogP contribution is -2.07. The van der Waals surface area contributed by atoms with E-state index in [1.54, 1.807) is 26.0 Å². The lowest BCUT2D eigenvalue weighted by Gasteiger charge is -2.07. The largest absolute Gasteiger partial charge is 0.491 e. The van der Waals surface area contributed by atoms with Crippen LogP contribution in [-0.4, -0.2) is 21.6 Å². The Labute approximate surface area is 110 Å². The molecule has 2 aromatic rings. The van der Waals surface area contributed by atoms with E-state index >= 15 is 0 Å². The maximum atomic E-state index is 13.8. The van der Waals surface area contributed by atoms with Crippen LogP contribution in [0.5, 0.6) is 5.75 Å². The Hall–Kier alpha value is -2.08. The molecule has 0 bridgehead atoms. The van der Waals surface area contributed by atoms with Gasteiger partial charge < -0.3 is 10.5 Å². The van der Waals surface area contributed by atoms with Crippen LogP contribution in [0.15, 0.2) is 18.2 Å². The Balaban J connectivity index is 2.41. The van der Waals surface area contributed by atoms with Crippen LogP contribution in [0.4, 0.5) is 4.39 Å². The van der Waals surface area contributed by atoms with Crippen LogP contribution in [-0.2, 0) is 6.54 Å². The van der Waals surface area contributed by atoms with Gasteiger partial charge in [-0.1, -0.05) is 0 Å². The fourth-order valence-electron chi connectivity index (χ4n) is 1.67. The number of hydrogen-bond acceptors (Lipinski definition) is 5. The summed E-state index contributed by atoms with van der Waals surface area (Å²) in [7, 11) is 0. The van der Waals surface area contributed by atoms with E-state index in [1.165, 1.54) is 6.07 Å². The van der Waals surface area contributed by atoms with Gasteiger partial charge in [0.25, 0.3) is 0 Å². The summed E-state index contributed by atoms with van der Waals surface area (Å²) in [6.07, 6.45) is 0. The van der Waals surface area contributed by atoms with E-state index in [-0.39, 0.29) is 12.3 Å². The fraction of sp³-hybridized carbons (Fsp3) is 0.308. The topological polar surface area (TPSA) is 73.9 Å².